The smallest absolute Gasteiger partial charge is 0.261 e. The largest absolute Gasteiger partial charge is 0.492 e. The lowest BCUT2D eigenvalue weighted by molar-refractivity contribution is 0.0654. The van der Waals surface area contributed by atoms with Crippen LogP contribution in [-0.2, 0) is 0 Å². The Labute approximate surface area is 184 Å². The van der Waals surface area contributed by atoms with E-state index >= 15 is 0 Å². The molecule has 0 radical (unpaired) electrons. The SMILES string of the molecule is CCOc1ccccc1N(CCN1C(=O)c2ccccc2C1=O)C(=O)c1ccc(F)cc1. The van der Waals surface area contributed by atoms with Gasteiger partial charge >= 0.3 is 0 Å². The predicted molar refractivity (Wildman–Crippen MR) is 117 cm³/mol. The van der Waals surface area contributed by atoms with E-state index in [1.54, 1.807) is 48.5 Å². The standard InChI is InChI=1S/C25H21FN2O4/c1-2-32-22-10-6-5-9-21(22)27(23(29)17-11-13-18(26)14-12-17)15-16-28-24(30)19-7-3-4-8-20(19)25(28)31/h3-14H,2,15-16H2,1H3. The summed E-state index contributed by atoms with van der Waals surface area (Å²) in [6.45, 7) is 2.28. The minimum Gasteiger partial charge on any atom is -0.492 e. The van der Waals surface area contributed by atoms with Crippen LogP contribution < -0.4 is 9.64 Å². The predicted octanol–water partition coefficient (Wildman–Crippen LogP) is 4.17. The van der Waals surface area contributed by atoms with Crippen LogP contribution in [0.4, 0.5) is 10.1 Å². The number of hydrogen-bond donors (Lipinski definition) is 0. The lowest BCUT2D eigenvalue weighted by Gasteiger charge is -2.27. The Balaban J connectivity index is 1.65. The van der Waals surface area contributed by atoms with Gasteiger partial charge in [0.1, 0.15) is 11.6 Å². The molecular weight excluding hydrogens is 411 g/mol. The molecule has 162 valence electrons. The molecule has 32 heavy (non-hydrogen) atoms. The van der Waals surface area contributed by atoms with E-state index in [9.17, 15) is 18.8 Å². The highest BCUT2D eigenvalue weighted by Gasteiger charge is 2.35. The number of imide groups is 1. The minimum absolute atomic E-state index is 0.000257. The van der Waals surface area contributed by atoms with Gasteiger partial charge in [-0.1, -0.05) is 24.3 Å². The third kappa shape index (κ3) is 3.97. The summed E-state index contributed by atoms with van der Waals surface area (Å²) in [4.78, 5) is 41.4. The van der Waals surface area contributed by atoms with E-state index in [2.05, 4.69) is 0 Å². The highest BCUT2D eigenvalue weighted by Crippen LogP contribution is 2.30. The third-order valence-electron chi connectivity index (χ3n) is 5.22. The van der Waals surface area contributed by atoms with E-state index in [0.717, 1.165) is 4.90 Å². The summed E-state index contributed by atoms with van der Waals surface area (Å²) in [6.07, 6.45) is 0. The van der Waals surface area contributed by atoms with Crippen molar-refractivity contribution >= 4 is 23.4 Å². The maximum atomic E-state index is 13.4. The molecule has 6 nitrogen and oxygen atoms in total. The number of benzene rings is 3. The van der Waals surface area contributed by atoms with Crippen LogP contribution in [0.15, 0.2) is 72.8 Å². The van der Waals surface area contributed by atoms with Gasteiger partial charge in [0.2, 0.25) is 0 Å². The first kappa shape index (κ1) is 21.2. The zero-order valence-electron chi connectivity index (χ0n) is 17.5. The lowest BCUT2D eigenvalue weighted by atomic mass is 10.1. The van der Waals surface area contributed by atoms with Crippen LogP contribution in [0.1, 0.15) is 38.0 Å². The van der Waals surface area contributed by atoms with Gasteiger partial charge < -0.3 is 9.64 Å². The molecule has 0 saturated carbocycles. The van der Waals surface area contributed by atoms with Gasteiger partial charge in [-0.3, -0.25) is 19.3 Å². The van der Waals surface area contributed by atoms with E-state index in [1.807, 2.05) is 6.92 Å². The number of fused-ring (bicyclic) bond motifs is 1. The summed E-state index contributed by atoms with van der Waals surface area (Å²) in [5.41, 5.74) is 1.48. The van der Waals surface area contributed by atoms with Crippen molar-refractivity contribution < 1.29 is 23.5 Å². The van der Waals surface area contributed by atoms with Crippen LogP contribution in [0.2, 0.25) is 0 Å². The molecule has 1 aliphatic rings. The van der Waals surface area contributed by atoms with Gasteiger partial charge in [0.05, 0.1) is 23.4 Å². The van der Waals surface area contributed by atoms with Crippen molar-refractivity contribution in [2.75, 3.05) is 24.6 Å². The van der Waals surface area contributed by atoms with Gasteiger partial charge in [0, 0.05) is 18.7 Å². The molecule has 3 amide bonds. The number of para-hydroxylation sites is 2. The molecule has 7 heteroatoms. The second kappa shape index (κ2) is 9.01. The molecule has 0 bridgehead atoms. The fraction of sp³-hybridized carbons (Fsp3) is 0.160. The second-order valence-corrected chi connectivity index (χ2v) is 7.17. The van der Waals surface area contributed by atoms with Crippen molar-refractivity contribution in [3.63, 3.8) is 0 Å². The lowest BCUT2D eigenvalue weighted by Crippen LogP contribution is -2.41. The molecule has 0 aromatic heterocycles. The zero-order chi connectivity index (χ0) is 22.7. The normalized spacial score (nSPS) is 12.6. The summed E-state index contributed by atoms with van der Waals surface area (Å²) in [7, 11) is 0. The number of ether oxygens (including phenoxy) is 1. The van der Waals surface area contributed by atoms with E-state index in [4.69, 9.17) is 4.74 Å². The first-order valence-corrected chi connectivity index (χ1v) is 10.3. The van der Waals surface area contributed by atoms with Gasteiger partial charge in [-0.05, 0) is 55.5 Å². The fourth-order valence-corrected chi connectivity index (χ4v) is 3.68. The van der Waals surface area contributed by atoms with Gasteiger partial charge in [0.25, 0.3) is 17.7 Å². The summed E-state index contributed by atoms with van der Waals surface area (Å²) in [5.74, 6) is -1.13. The minimum atomic E-state index is -0.450. The van der Waals surface area contributed by atoms with Crippen LogP contribution in [0.25, 0.3) is 0 Å². The molecule has 0 spiro atoms. The van der Waals surface area contributed by atoms with Crippen LogP contribution in [0.5, 0.6) is 5.75 Å². The van der Waals surface area contributed by atoms with Crippen molar-refractivity contribution in [3.8, 4) is 5.75 Å². The maximum Gasteiger partial charge on any atom is 0.261 e. The third-order valence-corrected chi connectivity index (χ3v) is 5.22. The van der Waals surface area contributed by atoms with E-state index in [-0.39, 0.29) is 18.7 Å². The molecule has 3 aromatic rings. The highest BCUT2D eigenvalue weighted by molar-refractivity contribution is 6.21. The second-order valence-electron chi connectivity index (χ2n) is 7.17. The topological polar surface area (TPSA) is 66.9 Å². The van der Waals surface area contributed by atoms with Crippen molar-refractivity contribution in [2.45, 2.75) is 6.92 Å². The summed E-state index contributed by atoms with van der Waals surface area (Å²) >= 11 is 0. The van der Waals surface area contributed by atoms with Crippen molar-refractivity contribution in [1.82, 2.24) is 4.90 Å². The number of halogens is 1. The molecule has 0 fully saturated rings. The van der Waals surface area contributed by atoms with Crippen LogP contribution in [0.3, 0.4) is 0 Å². The van der Waals surface area contributed by atoms with Crippen molar-refractivity contribution in [2.24, 2.45) is 0 Å². The number of carbonyl (C=O) groups is 3. The number of anilines is 1. The zero-order valence-corrected chi connectivity index (χ0v) is 17.5. The number of hydrogen-bond acceptors (Lipinski definition) is 4. The number of amides is 3. The Kier molecular flexibility index (Phi) is 5.98. The molecular formula is C25H21FN2O4. The summed E-state index contributed by atoms with van der Waals surface area (Å²) in [5, 5.41) is 0. The Morgan fingerprint density at radius 3 is 2.12 bits per heavy atom. The Bertz CT molecular complexity index is 1140. The molecule has 4 rings (SSSR count). The van der Waals surface area contributed by atoms with Crippen molar-refractivity contribution in [3.05, 3.63) is 95.3 Å². The molecule has 1 aliphatic heterocycles. The van der Waals surface area contributed by atoms with E-state index < -0.39 is 23.5 Å². The molecule has 3 aromatic carbocycles. The number of nitrogens with zero attached hydrogens (tertiary/aromatic N) is 2. The molecule has 0 aliphatic carbocycles. The van der Waals surface area contributed by atoms with Gasteiger partial charge in [-0.15, -0.1) is 0 Å². The molecule has 0 N–H and O–H groups in total. The average molecular weight is 432 g/mol. The van der Waals surface area contributed by atoms with Crippen LogP contribution in [0, 0.1) is 5.82 Å². The summed E-state index contributed by atoms with van der Waals surface area (Å²) < 4.78 is 19.1. The van der Waals surface area contributed by atoms with Crippen molar-refractivity contribution in [1.29, 1.82) is 0 Å². The maximum absolute atomic E-state index is 13.4. The Hall–Kier alpha value is -4.00. The van der Waals surface area contributed by atoms with Crippen LogP contribution >= 0.6 is 0 Å². The first-order chi connectivity index (χ1) is 15.5. The molecule has 0 unspecified atom stereocenters. The van der Waals surface area contributed by atoms with Gasteiger partial charge in [-0.25, -0.2) is 4.39 Å². The number of carbonyl (C=O) groups excluding carboxylic acids is 3. The van der Waals surface area contributed by atoms with Gasteiger partial charge in [-0.2, -0.15) is 0 Å². The quantitative estimate of drug-likeness (QED) is 0.526. The number of rotatable bonds is 7. The van der Waals surface area contributed by atoms with E-state index in [1.165, 1.54) is 29.2 Å². The monoisotopic (exact) mass is 432 g/mol. The average Bonchev–Trinajstić information content (AvgIpc) is 3.05. The van der Waals surface area contributed by atoms with E-state index in [0.29, 0.717) is 29.2 Å². The molecule has 0 atom stereocenters. The first-order valence-electron chi connectivity index (χ1n) is 10.3. The summed E-state index contributed by atoms with van der Waals surface area (Å²) in [6, 6.07) is 18.9. The van der Waals surface area contributed by atoms with Crippen LogP contribution in [-0.4, -0.2) is 42.3 Å². The fourth-order valence-electron chi connectivity index (χ4n) is 3.68. The van der Waals surface area contributed by atoms with Gasteiger partial charge in [0.15, 0.2) is 0 Å². The molecule has 1 heterocycles. The Morgan fingerprint density at radius 2 is 1.50 bits per heavy atom. The molecule has 0 saturated heterocycles. The highest BCUT2D eigenvalue weighted by atomic mass is 19.1. The Morgan fingerprint density at radius 1 is 0.906 bits per heavy atom.